The molecule has 2 aliphatic heterocycles. The molecule has 1 aromatic carbocycles. The molecule has 0 bridgehead atoms. The van der Waals surface area contributed by atoms with E-state index in [1.165, 1.54) is 17.5 Å². The van der Waals surface area contributed by atoms with Crippen molar-refractivity contribution in [3.05, 3.63) is 47.2 Å². The van der Waals surface area contributed by atoms with Crippen LogP contribution < -0.4 is 4.90 Å². The molecule has 0 N–H and O–H groups in total. The number of alkyl halides is 3. The molecule has 32 heavy (non-hydrogen) atoms. The number of thiazole rings is 1. The monoisotopic (exact) mass is 464 g/mol. The van der Waals surface area contributed by atoms with Crippen molar-refractivity contribution in [3.63, 3.8) is 0 Å². The first-order valence-electron chi connectivity index (χ1n) is 10.3. The van der Waals surface area contributed by atoms with Gasteiger partial charge >= 0.3 is 6.18 Å². The Morgan fingerprint density at radius 3 is 2.69 bits per heavy atom. The Morgan fingerprint density at radius 1 is 1.22 bits per heavy atom. The Bertz CT molecular complexity index is 1040. The molecule has 0 radical (unpaired) electrons. The van der Waals surface area contributed by atoms with Crippen molar-refractivity contribution in [1.82, 2.24) is 9.88 Å². The van der Waals surface area contributed by atoms with Gasteiger partial charge in [-0.1, -0.05) is 6.07 Å². The quantitative estimate of drug-likeness (QED) is 0.666. The van der Waals surface area contributed by atoms with Crippen LogP contribution in [0.3, 0.4) is 0 Å². The van der Waals surface area contributed by atoms with Crippen LogP contribution in [0.4, 0.5) is 18.9 Å². The number of allylic oxidation sites excluding steroid dienone is 1. The minimum Gasteiger partial charge on any atom is -0.378 e. The second kappa shape index (κ2) is 9.41. The number of nitrogens with zero attached hydrogens (tertiary/aromatic N) is 4. The summed E-state index contributed by atoms with van der Waals surface area (Å²) >= 11 is 1.52. The van der Waals surface area contributed by atoms with Gasteiger partial charge in [-0.3, -0.25) is 9.79 Å². The number of carbonyl (C=O) groups excluding carboxylic acids is 1. The van der Waals surface area contributed by atoms with Gasteiger partial charge in [0, 0.05) is 44.0 Å². The SMILES string of the molecule is Cc1cc(-c2cnc(CCC(=O)N3CCOCC3)s2)cc(N2C=CC(C(F)(F)F)=NC2)c1. The molecule has 1 aromatic heterocycles. The van der Waals surface area contributed by atoms with E-state index in [0.717, 1.165) is 32.8 Å². The average molecular weight is 465 g/mol. The summed E-state index contributed by atoms with van der Waals surface area (Å²) in [4.78, 5) is 24.9. The minimum absolute atomic E-state index is 0.0914. The lowest BCUT2D eigenvalue weighted by Crippen LogP contribution is -2.40. The van der Waals surface area contributed by atoms with Crippen molar-refractivity contribution in [2.45, 2.75) is 25.9 Å². The molecule has 0 unspecified atom stereocenters. The van der Waals surface area contributed by atoms with Crippen LogP contribution in [0.15, 0.2) is 41.7 Å². The molecule has 0 saturated carbocycles. The summed E-state index contributed by atoms with van der Waals surface area (Å²) < 4.78 is 43.7. The fourth-order valence-electron chi connectivity index (χ4n) is 3.58. The molecule has 1 saturated heterocycles. The fraction of sp³-hybridized carbons (Fsp3) is 0.409. The zero-order valence-electron chi connectivity index (χ0n) is 17.6. The van der Waals surface area contributed by atoms with Crippen LogP contribution >= 0.6 is 11.3 Å². The second-order valence-electron chi connectivity index (χ2n) is 7.64. The van der Waals surface area contributed by atoms with E-state index in [4.69, 9.17) is 4.74 Å². The normalized spacial score (nSPS) is 16.9. The third kappa shape index (κ3) is 5.36. The summed E-state index contributed by atoms with van der Waals surface area (Å²) in [6.07, 6.45) is 0.714. The summed E-state index contributed by atoms with van der Waals surface area (Å²) in [5.41, 5.74) is 1.80. The number of carbonyl (C=O) groups is 1. The second-order valence-corrected chi connectivity index (χ2v) is 8.75. The zero-order chi connectivity index (χ0) is 22.7. The highest BCUT2D eigenvalue weighted by Crippen LogP contribution is 2.32. The lowest BCUT2D eigenvalue weighted by atomic mass is 10.1. The Hall–Kier alpha value is -2.72. The minimum atomic E-state index is -4.44. The summed E-state index contributed by atoms with van der Waals surface area (Å²) in [6, 6.07) is 5.84. The van der Waals surface area contributed by atoms with Crippen LogP contribution in [-0.2, 0) is 16.0 Å². The fourth-order valence-corrected chi connectivity index (χ4v) is 4.48. The first-order chi connectivity index (χ1) is 15.3. The summed E-state index contributed by atoms with van der Waals surface area (Å²) in [7, 11) is 0. The molecule has 170 valence electrons. The number of hydrogen-bond donors (Lipinski definition) is 0. The molecular formula is C22H23F3N4O2S. The molecule has 4 rings (SSSR count). The van der Waals surface area contributed by atoms with Gasteiger partial charge in [-0.15, -0.1) is 11.3 Å². The summed E-state index contributed by atoms with van der Waals surface area (Å²) in [6.45, 7) is 4.27. The van der Waals surface area contributed by atoms with E-state index in [1.807, 2.05) is 30.0 Å². The Balaban J connectivity index is 1.43. The number of aliphatic imine (C=N–C) groups is 1. The Kier molecular flexibility index (Phi) is 6.61. The number of aryl methyl sites for hydroxylation is 2. The maximum atomic E-state index is 12.8. The maximum Gasteiger partial charge on any atom is 0.433 e. The number of morpholine rings is 1. The highest BCUT2D eigenvalue weighted by atomic mass is 32.1. The predicted molar refractivity (Wildman–Crippen MR) is 118 cm³/mol. The number of hydrogen-bond acceptors (Lipinski definition) is 6. The van der Waals surface area contributed by atoms with Gasteiger partial charge in [-0.25, -0.2) is 4.98 Å². The lowest BCUT2D eigenvalue weighted by Gasteiger charge is -2.26. The zero-order valence-corrected chi connectivity index (χ0v) is 18.4. The van der Waals surface area contributed by atoms with E-state index in [0.29, 0.717) is 39.1 Å². The Labute approximate surface area is 188 Å². The van der Waals surface area contributed by atoms with Gasteiger partial charge in [0.1, 0.15) is 12.4 Å². The van der Waals surface area contributed by atoms with E-state index in [-0.39, 0.29) is 12.6 Å². The van der Waals surface area contributed by atoms with Crippen molar-refractivity contribution in [2.75, 3.05) is 37.9 Å². The standard InChI is InChI=1S/C22H23F3N4O2S/c1-15-10-16(12-17(11-15)29-5-4-19(27-14-29)22(23,24)25)18-13-26-20(32-18)2-3-21(30)28-6-8-31-9-7-28/h4-5,10-13H,2-3,6-9,14H2,1H3. The van der Waals surface area contributed by atoms with Crippen molar-refractivity contribution >= 4 is 28.6 Å². The molecule has 2 aromatic rings. The number of anilines is 1. The van der Waals surface area contributed by atoms with E-state index < -0.39 is 11.9 Å². The molecule has 6 nitrogen and oxygen atoms in total. The van der Waals surface area contributed by atoms with Gasteiger partial charge in [0.2, 0.25) is 5.91 Å². The summed E-state index contributed by atoms with van der Waals surface area (Å²) in [5, 5.41) is 0.877. The van der Waals surface area contributed by atoms with E-state index >= 15 is 0 Å². The average Bonchev–Trinajstić information content (AvgIpc) is 3.26. The topological polar surface area (TPSA) is 58.0 Å². The molecule has 1 fully saturated rings. The van der Waals surface area contributed by atoms with Gasteiger partial charge in [0.25, 0.3) is 0 Å². The molecule has 3 heterocycles. The van der Waals surface area contributed by atoms with E-state index in [9.17, 15) is 18.0 Å². The van der Waals surface area contributed by atoms with Crippen LogP contribution in [0.1, 0.15) is 17.0 Å². The van der Waals surface area contributed by atoms with Gasteiger partial charge in [0.15, 0.2) is 0 Å². The van der Waals surface area contributed by atoms with Gasteiger partial charge in [-0.2, -0.15) is 13.2 Å². The third-order valence-corrected chi connectivity index (χ3v) is 6.35. The first kappa shape index (κ1) is 22.5. The molecule has 0 atom stereocenters. The van der Waals surface area contributed by atoms with Gasteiger partial charge in [-0.05, 0) is 36.3 Å². The van der Waals surface area contributed by atoms with Crippen LogP contribution in [0.5, 0.6) is 0 Å². The number of halogens is 3. The van der Waals surface area contributed by atoms with Crippen LogP contribution in [0.2, 0.25) is 0 Å². The van der Waals surface area contributed by atoms with Crippen molar-refractivity contribution in [3.8, 4) is 10.4 Å². The first-order valence-corrected chi connectivity index (χ1v) is 11.1. The Morgan fingerprint density at radius 2 is 2.00 bits per heavy atom. The van der Waals surface area contributed by atoms with Crippen molar-refractivity contribution < 1.29 is 22.7 Å². The van der Waals surface area contributed by atoms with Crippen LogP contribution in [0, 0.1) is 6.92 Å². The van der Waals surface area contributed by atoms with Gasteiger partial charge < -0.3 is 14.5 Å². The van der Waals surface area contributed by atoms with Crippen molar-refractivity contribution in [1.29, 1.82) is 0 Å². The largest absolute Gasteiger partial charge is 0.433 e. The number of amides is 1. The molecular weight excluding hydrogens is 441 g/mol. The lowest BCUT2D eigenvalue weighted by molar-refractivity contribution is -0.135. The third-order valence-electron chi connectivity index (χ3n) is 5.24. The molecule has 2 aliphatic rings. The van der Waals surface area contributed by atoms with Crippen LogP contribution in [-0.4, -0.2) is 60.7 Å². The van der Waals surface area contributed by atoms with Crippen LogP contribution in [0.25, 0.3) is 10.4 Å². The molecule has 0 spiro atoms. The highest BCUT2D eigenvalue weighted by Gasteiger charge is 2.35. The maximum absolute atomic E-state index is 12.8. The summed E-state index contributed by atoms with van der Waals surface area (Å²) in [5.74, 6) is 0.110. The van der Waals surface area contributed by atoms with E-state index in [2.05, 4.69) is 9.98 Å². The highest BCUT2D eigenvalue weighted by molar-refractivity contribution is 7.15. The van der Waals surface area contributed by atoms with E-state index in [1.54, 1.807) is 11.1 Å². The number of ether oxygens (including phenoxy) is 1. The molecule has 10 heteroatoms. The number of rotatable bonds is 5. The predicted octanol–water partition coefficient (Wildman–Crippen LogP) is 4.20. The smallest absolute Gasteiger partial charge is 0.378 e. The van der Waals surface area contributed by atoms with Crippen molar-refractivity contribution in [2.24, 2.45) is 4.99 Å². The number of aromatic nitrogens is 1. The number of benzene rings is 1. The molecule has 0 aliphatic carbocycles. The molecule has 1 amide bonds. The van der Waals surface area contributed by atoms with Gasteiger partial charge in [0.05, 0.1) is 23.1 Å².